The van der Waals surface area contributed by atoms with Crippen LogP contribution in [0.4, 0.5) is 4.39 Å². The Morgan fingerprint density at radius 2 is 2.21 bits per heavy atom. The Morgan fingerprint density at radius 1 is 1.43 bits per heavy atom. The third-order valence-electron chi connectivity index (χ3n) is 3.24. The third kappa shape index (κ3) is 0.775. The summed E-state index contributed by atoms with van der Waals surface area (Å²) in [6.45, 7) is 0.452. The van der Waals surface area contributed by atoms with Crippen molar-refractivity contribution >= 4 is 5.97 Å². The Morgan fingerprint density at radius 3 is 2.79 bits per heavy atom. The Balaban J connectivity index is 2.12. The van der Waals surface area contributed by atoms with Crippen LogP contribution in [0.2, 0.25) is 0 Å². The minimum absolute atomic E-state index is 0.201. The van der Waals surface area contributed by atoms with Crippen LogP contribution in [0.5, 0.6) is 0 Å². The Labute approximate surface area is 80.7 Å². The summed E-state index contributed by atoms with van der Waals surface area (Å²) in [5.74, 6) is -0.353. The largest absolute Gasteiger partial charge is 0.465 e. The van der Waals surface area contributed by atoms with Crippen molar-refractivity contribution in [2.45, 2.75) is 11.8 Å². The van der Waals surface area contributed by atoms with Crippen molar-refractivity contribution in [3.05, 3.63) is 35.6 Å². The maximum absolute atomic E-state index is 13.5. The van der Waals surface area contributed by atoms with Gasteiger partial charge in [0.1, 0.15) is 11.2 Å². The molecule has 2 unspecified atom stereocenters. The summed E-state index contributed by atoms with van der Waals surface area (Å²) in [5.41, 5.74) is -0.127. The molecule has 0 amide bonds. The maximum atomic E-state index is 13.5. The molecule has 72 valence electrons. The van der Waals surface area contributed by atoms with Crippen LogP contribution in [-0.2, 0) is 14.9 Å². The first-order chi connectivity index (χ1) is 6.75. The molecule has 1 aromatic rings. The number of hydrogen-bond acceptors (Lipinski definition) is 2. The van der Waals surface area contributed by atoms with Crippen LogP contribution in [0, 0.1) is 11.7 Å². The average molecular weight is 192 g/mol. The van der Waals surface area contributed by atoms with Crippen LogP contribution in [-0.4, -0.2) is 12.6 Å². The molecule has 2 atom stereocenters. The molecular weight excluding hydrogens is 183 g/mol. The number of esters is 1. The number of carbonyl (C=O) groups is 1. The topological polar surface area (TPSA) is 26.3 Å². The van der Waals surface area contributed by atoms with E-state index >= 15 is 0 Å². The number of fused-ring (bicyclic) bond motifs is 1. The van der Waals surface area contributed by atoms with Gasteiger partial charge < -0.3 is 4.74 Å². The van der Waals surface area contributed by atoms with Crippen LogP contribution >= 0.6 is 0 Å². The first kappa shape index (κ1) is 7.97. The fraction of sp³-hybridized carbons (Fsp3) is 0.364. The van der Waals surface area contributed by atoms with Gasteiger partial charge in [-0.1, -0.05) is 18.2 Å². The van der Waals surface area contributed by atoms with E-state index in [1.165, 1.54) is 6.07 Å². The Hall–Kier alpha value is -1.38. The van der Waals surface area contributed by atoms with Crippen molar-refractivity contribution in [1.82, 2.24) is 0 Å². The molecule has 1 heterocycles. The Kier molecular flexibility index (Phi) is 1.34. The lowest BCUT2D eigenvalue weighted by atomic mass is 9.94. The van der Waals surface area contributed by atoms with Crippen LogP contribution < -0.4 is 0 Å². The number of ether oxygens (including phenoxy) is 1. The SMILES string of the molecule is O=C1OCC2CC12c1ccccc1F. The van der Waals surface area contributed by atoms with E-state index in [-0.39, 0.29) is 17.7 Å². The second-order valence-electron chi connectivity index (χ2n) is 3.95. The molecule has 1 saturated carbocycles. The van der Waals surface area contributed by atoms with E-state index in [4.69, 9.17) is 4.74 Å². The molecular formula is C11H9FO2. The fourth-order valence-corrected chi connectivity index (χ4v) is 2.35. The van der Waals surface area contributed by atoms with E-state index < -0.39 is 5.41 Å². The molecule has 0 aromatic heterocycles. The van der Waals surface area contributed by atoms with E-state index in [2.05, 4.69) is 0 Å². The number of hydrogen-bond donors (Lipinski definition) is 0. The van der Waals surface area contributed by atoms with Crippen molar-refractivity contribution in [1.29, 1.82) is 0 Å². The number of cyclic esters (lactones) is 1. The standard InChI is InChI=1S/C11H9FO2/c12-9-4-2-1-3-8(9)11-5-7(11)6-14-10(11)13/h1-4,7H,5-6H2. The molecule has 14 heavy (non-hydrogen) atoms. The van der Waals surface area contributed by atoms with Crippen molar-refractivity contribution in [2.75, 3.05) is 6.61 Å². The highest BCUT2D eigenvalue weighted by atomic mass is 19.1. The van der Waals surface area contributed by atoms with Crippen molar-refractivity contribution in [2.24, 2.45) is 5.92 Å². The lowest BCUT2D eigenvalue weighted by Gasteiger charge is -2.09. The molecule has 2 aliphatic rings. The van der Waals surface area contributed by atoms with Gasteiger partial charge in [-0.2, -0.15) is 0 Å². The number of carbonyl (C=O) groups excluding carboxylic acids is 1. The smallest absolute Gasteiger partial charge is 0.317 e. The van der Waals surface area contributed by atoms with Gasteiger partial charge in [0.25, 0.3) is 0 Å². The number of rotatable bonds is 1. The molecule has 2 nitrogen and oxygen atoms in total. The first-order valence-electron chi connectivity index (χ1n) is 4.67. The summed E-state index contributed by atoms with van der Waals surface area (Å²) in [4.78, 5) is 11.5. The highest BCUT2D eigenvalue weighted by molar-refractivity contribution is 5.89. The second kappa shape index (κ2) is 2.35. The summed E-state index contributed by atoms with van der Waals surface area (Å²) in [6.07, 6.45) is 0.743. The van der Waals surface area contributed by atoms with Gasteiger partial charge in [0.2, 0.25) is 0 Å². The van der Waals surface area contributed by atoms with Gasteiger partial charge in [-0.05, 0) is 12.5 Å². The zero-order chi connectivity index (χ0) is 9.76. The van der Waals surface area contributed by atoms with Gasteiger partial charge >= 0.3 is 5.97 Å². The van der Waals surface area contributed by atoms with E-state index in [0.717, 1.165) is 6.42 Å². The summed E-state index contributed by atoms with van der Waals surface area (Å²) >= 11 is 0. The van der Waals surface area contributed by atoms with Gasteiger partial charge in [0.05, 0.1) is 6.61 Å². The zero-order valence-electron chi connectivity index (χ0n) is 7.50. The molecule has 3 heteroatoms. The van der Waals surface area contributed by atoms with Gasteiger partial charge in [-0.3, -0.25) is 4.79 Å². The summed E-state index contributed by atoms with van der Waals surface area (Å²) in [7, 11) is 0. The van der Waals surface area contributed by atoms with Crippen LogP contribution in [0.3, 0.4) is 0 Å². The van der Waals surface area contributed by atoms with Crippen molar-refractivity contribution < 1.29 is 13.9 Å². The quantitative estimate of drug-likeness (QED) is 0.632. The normalized spacial score (nSPS) is 33.8. The molecule has 0 N–H and O–H groups in total. The highest BCUT2D eigenvalue weighted by Gasteiger charge is 2.67. The number of halogens is 1. The molecule has 0 radical (unpaired) electrons. The minimum Gasteiger partial charge on any atom is -0.465 e. The zero-order valence-corrected chi connectivity index (χ0v) is 7.50. The van der Waals surface area contributed by atoms with Crippen molar-refractivity contribution in [3.63, 3.8) is 0 Å². The molecule has 1 aromatic carbocycles. The third-order valence-corrected chi connectivity index (χ3v) is 3.24. The summed E-state index contributed by atoms with van der Waals surface area (Å²) < 4.78 is 18.4. The second-order valence-corrected chi connectivity index (χ2v) is 3.95. The van der Waals surface area contributed by atoms with Crippen molar-refractivity contribution in [3.8, 4) is 0 Å². The van der Waals surface area contributed by atoms with Gasteiger partial charge in [-0.25, -0.2) is 4.39 Å². The molecule has 1 aliphatic heterocycles. The first-order valence-corrected chi connectivity index (χ1v) is 4.67. The maximum Gasteiger partial charge on any atom is 0.317 e. The molecule has 0 spiro atoms. The summed E-state index contributed by atoms with van der Waals surface area (Å²) in [6, 6.07) is 6.47. The van der Waals surface area contributed by atoms with E-state index in [9.17, 15) is 9.18 Å². The lowest BCUT2D eigenvalue weighted by Crippen LogP contribution is -2.20. The highest BCUT2D eigenvalue weighted by Crippen LogP contribution is 2.59. The number of benzene rings is 1. The van der Waals surface area contributed by atoms with Gasteiger partial charge in [0.15, 0.2) is 0 Å². The predicted molar refractivity (Wildman–Crippen MR) is 47.1 cm³/mol. The lowest BCUT2D eigenvalue weighted by molar-refractivity contribution is -0.142. The van der Waals surface area contributed by atoms with Gasteiger partial charge in [0, 0.05) is 11.5 Å². The van der Waals surface area contributed by atoms with Gasteiger partial charge in [-0.15, -0.1) is 0 Å². The van der Waals surface area contributed by atoms with E-state index in [1.54, 1.807) is 18.2 Å². The average Bonchev–Trinajstić information content (AvgIpc) is 2.83. The molecule has 3 rings (SSSR count). The van der Waals surface area contributed by atoms with Crippen LogP contribution in [0.15, 0.2) is 24.3 Å². The molecule has 1 aliphatic carbocycles. The minimum atomic E-state index is -0.634. The Bertz CT molecular complexity index is 416. The summed E-state index contributed by atoms with van der Waals surface area (Å²) in [5, 5.41) is 0. The van der Waals surface area contributed by atoms with Crippen LogP contribution in [0.25, 0.3) is 0 Å². The predicted octanol–water partition coefficient (Wildman–Crippen LogP) is 1.64. The van der Waals surface area contributed by atoms with E-state index in [1.807, 2.05) is 0 Å². The molecule has 1 saturated heterocycles. The molecule has 2 fully saturated rings. The fourth-order valence-electron chi connectivity index (χ4n) is 2.35. The van der Waals surface area contributed by atoms with E-state index in [0.29, 0.717) is 12.2 Å². The van der Waals surface area contributed by atoms with Crippen LogP contribution in [0.1, 0.15) is 12.0 Å². The molecule has 0 bridgehead atoms. The monoisotopic (exact) mass is 192 g/mol.